The predicted molar refractivity (Wildman–Crippen MR) is 74.7 cm³/mol. The highest BCUT2D eigenvalue weighted by molar-refractivity contribution is 9.11. The minimum absolute atomic E-state index is 0.0536. The lowest BCUT2D eigenvalue weighted by Gasteiger charge is -2.21. The maximum absolute atomic E-state index is 11.0. The molecule has 0 amide bonds. The molecule has 6 heteroatoms. The average Bonchev–Trinajstić information content (AvgIpc) is 2.27. The Kier molecular flexibility index (Phi) is 5.19. The van der Waals surface area contributed by atoms with Gasteiger partial charge < -0.3 is 14.9 Å². The zero-order valence-corrected chi connectivity index (χ0v) is 13.2. The summed E-state index contributed by atoms with van der Waals surface area (Å²) in [4.78, 5) is 11.0. The molecular weight excluding hydrogens is 368 g/mol. The SMILES string of the molecule is CC(C)(COc1c(Br)cc(CO)cc1Br)C(=O)O. The molecule has 0 saturated carbocycles. The molecule has 2 N–H and O–H groups in total. The van der Waals surface area contributed by atoms with Gasteiger partial charge in [0.1, 0.15) is 12.4 Å². The van der Waals surface area contributed by atoms with Crippen molar-refractivity contribution >= 4 is 37.8 Å². The number of aliphatic hydroxyl groups excluding tert-OH is 1. The van der Waals surface area contributed by atoms with Crippen molar-refractivity contribution in [2.75, 3.05) is 6.61 Å². The van der Waals surface area contributed by atoms with Crippen molar-refractivity contribution < 1.29 is 19.7 Å². The summed E-state index contributed by atoms with van der Waals surface area (Å²) in [6, 6.07) is 3.46. The molecular formula is C12H14Br2O4. The number of halogens is 2. The van der Waals surface area contributed by atoms with Gasteiger partial charge in [0, 0.05) is 0 Å². The van der Waals surface area contributed by atoms with Gasteiger partial charge >= 0.3 is 5.97 Å². The lowest BCUT2D eigenvalue weighted by atomic mass is 9.95. The van der Waals surface area contributed by atoms with Crippen LogP contribution in [-0.4, -0.2) is 22.8 Å². The molecule has 1 aromatic carbocycles. The van der Waals surface area contributed by atoms with Crippen LogP contribution in [0.15, 0.2) is 21.1 Å². The number of benzene rings is 1. The first-order chi connectivity index (χ1) is 8.27. The second kappa shape index (κ2) is 6.04. The fraction of sp³-hybridized carbons (Fsp3) is 0.417. The van der Waals surface area contributed by atoms with E-state index in [0.29, 0.717) is 14.7 Å². The van der Waals surface area contributed by atoms with E-state index in [4.69, 9.17) is 14.9 Å². The van der Waals surface area contributed by atoms with Gasteiger partial charge in [0.25, 0.3) is 0 Å². The molecule has 4 nitrogen and oxygen atoms in total. The van der Waals surface area contributed by atoms with Crippen LogP contribution in [0.4, 0.5) is 0 Å². The van der Waals surface area contributed by atoms with Crippen molar-refractivity contribution in [2.45, 2.75) is 20.5 Å². The van der Waals surface area contributed by atoms with E-state index < -0.39 is 11.4 Å². The number of carboxylic acids is 1. The first-order valence-corrected chi connectivity index (χ1v) is 6.81. The van der Waals surface area contributed by atoms with Crippen LogP contribution in [0.1, 0.15) is 19.4 Å². The Morgan fingerprint density at radius 3 is 2.22 bits per heavy atom. The van der Waals surface area contributed by atoms with Crippen LogP contribution >= 0.6 is 31.9 Å². The van der Waals surface area contributed by atoms with Crippen LogP contribution in [0.5, 0.6) is 5.75 Å². The topological polar surface area (TPSA) is 66.8 Å². The number of carboxylic acid groups (broad SMARTS) is 1. The lowest BCUT2D eigenvalue weighted by Crippen LogP contribution is -2.30. The van der Waals surface area contributed by atoms with E-state index in [0.717, 1.165) is 5.56 Å². The lowest BCUT2D eigenvalue weighted by molar-refractivity contribution is -0.148. The summed E-state index contributed by atoms with van der Waals surface area (Å²) in [5.74, 6) is -0.386. The summed E-state index contributed by atoms with van der Waals surface area (Å²) in [7, 11) is 0. The smallest absolute Gasteiger partial charge is 0.312 e. The molecule has 0 aliphatic heterocycles. The van der Waals surface area contributed by atoms with Crippen LogP contribution in [0.3, 0.4) is 0 Å². The number of carbonyl (C=O) groups is 1. The van der Waals surface area contributed by atoms with Gasteiger partial charge in [0.15, 0.2) is 0 Å². The van der Waals surface area contributed by atoms with Crippen LogP contribution in [-0.2, 0) is 11.4 Å². The van der Waals surface area contributed by atoms with Crippen LogP contribution in [0.25, 0.3) is 0 Å². The average molecular weight is 382 g/mol. The Morgan fingerprint density at radius 2 is 1.83 bits per heavy atom. The van der Waals surface area contributed by atoms with Crippen LogP contribution < -0.4 is 4.74 Å². The first kappa shape index (κ1) is 15.5. The van der Waals surface area contributed by atoms with Crippen molar-refractivity contribution in [1.29, 1.82) is 0 Å². The fourth-order valence-corrected chi connectivity index (χ4v) is 2.67. The maximum Gasteiger partial charge on any atom is 0.312 e. The molecule has 0 unspecified atom stereocenters. The molecule has 0 aromatic heterocycles. The number of aliphatic carboxylic acids is 1. The Hall–Kier alpha value is -0.590. The molecule has 0 atom stereocenters. The second-order valence-electron chi connectivity index (χ2n) is 4.52. The zero-order chi connectivity index (χ0) is 13.9. The third-order valence-electron chi connectivity index (χ3n) is 2.40. The number of rotatable bonds is 5. The van der Waals surface area contributed by atoms with Gasteiger partial charge in [-0.1, -0.05) is 0 Å². The number of hydrogen-bond donors (Lipinski definition) is 2. The summed E-state index contributed by atoms with van der Waals surface area (Å²) in [6.45, 7) is 3.18. The Labute approximate surface area is 122 Å². The van der Waals surface area contributed by atoms with E-state index in [2.05, 4.69) is 31.9 Å². The predicted octanol–water partition coefficient (Wildman–Crippen LogP) is 3.19. The van der Waals surface area contributed by atoms with E-state index >= 15 is 0 Å². The quantitative estimate of drug-likeness (QED) is 0.821. The van der Waals surface area contributed by atoms with Gasteiger partial charge in [-0.2, -0.15) is 0 Å². The Morgan fingerprint density at radius 1 is 1.33 bits per heavy atom. The molecule has 0 aliphatic rings. The van der Waals surface area contributed by atoms with E-state index in [1.807, 2.05) is 0 Å². The van der Waals surface area contributed by atoms with Crippen molar-refractivity contribution in [3.05, 3.63) is 26.6 Å². The molecule has 1 aromatic rings. The minimum atomic E-state index is -0.964. The molecule has 0 radical (unpaired) electrons. The minimum Gasteiger partial charge on any atom is -0.490 e. The number of hydrogen-bond acceptors (Lipinski definition) is 3. The standard InChI is InChI=1S/C12H14Br2O4/c1-12(2,11(16)17)6-18-10-8(13)3-7(5-15)4-9(10)14/h3-4,15H,5-6H2,1-2H3,(H,16,17). The summed E-state index contributed by atoms with van der Waals surface area (Å²) in [5.41, 5.74) is -0.229. The summed E-state index contributed by atoms with van der Waals surface area (Å²) >= 11 is 6.66. The maximum atomic E-state index is 11.0. The Bertz CT molecular complexity index is 434. The summed E-state index contributed by atoms with van der Waals surface area (Å²) in [5, 5.41) is 18.1. The third kappa shape index (κ3) is 3.70. The van der Waals surface area contributed by atoms with Gasteiger partial charge in [0.2, 0.25) is 0 Å². The molecule has 100 valence electrons. The van der Waals surface area contributed by atoms with Crippen LogP contribution in [0, 0.1) is 5.41 Å². The second-order valence-corrected chi connectivity index (χ2v) is 6.23. The highest BCUT2D eigenvalue weighted by Crippen LogP contribution is 2.35. The van der Waals surface area contributed by atoms with E-state index in [1.165, 1.54) is 0 Å². The Balaban J connectivity index is 2.89. The molecule has 0 saturated heterocycles. The number of ether oxygens (including phenoxy) is 1. The molecule has 1 rings (SSSR count). The van der Waals surface area contributed by atoms with Gasteiger partial charge in [0.05, 0.1) is 21.0 Å². The molecule has 0 fully saturated rings. The van der Waals surface area contributed by atoms with Crippen LogP contribution in [0.2, 0.25) is 0 Å². The van der Waals surface area contributed by atoms with Gasteiger partial charge in [-0.15, -0.1) is 0 Å². The molecule has 0 aliphatic carbocycles. The zero-order valence-electron chi connectivity index (χ0n) is 10.0. The monoisotopic (exact) mass is 380 g/mol. The van der Waals surface area contributed by atoms with E-state index in [9.17, 15) is 4.79 Å². The first-order valence-electron chi connectivity index (χ1n) is 5.23. The van der Waals surface area contributed by atoms with Crippen molar-refractivity contribution in [3.63, 3.8) is 0 Å². The van der Waals surface area contributed by atoms with Crippen molar-refractivity contribution in [2.24, 2.45) is 5.41 Å². The van der Waals surface area contributed by atoms with Gasteiger partial charge in [-0.25, -0.2) is 0 Å². The molecule has 0 spiro atoms. The van der Waals surface area contributed by atoms with Gasteiger partial charge in [-0.3, -0.25) is 4.79 Å². The summed E-state index contributed by atoms with van der Waals surface area (Å²) in [6.07, 6.45) is 0. The van der Waals surface area contributed by atoms with Gasteiger partial charge in [-0.05, 0) is 63.4 Å². The van der Waals surface area contributed by atoms with Crippen molar-refractivity contribution in [1.82, 2.24) is 0 Å². The third-order valence-corrected chi connectivity index (χ3v) is 3.58. The van der Waals surface area contributed by atoms with E-state index in [-0.39, 0.29) is 13.2 Å². The van der Waals surface area contributed by atoms with E-state index in [1.54, 1.807) is 26.0 Å². The normalized spacial score (nSPS) is 11.4. The van der Waals surface area contributed by atoms with Crippen molar-refractivity contribution in [3.8, 4) is 5.75 Å². The largest absolute Gasteiger partial charge is 0.490 e. The fourth-order valence-electron chi connectivity index (χ4n) is 1.16. The summed E-state index contributed by atoms with van der Waals surface area (Å²) < 4.78 is 6.87. The highest BCUT2D eigenvalue weighted by Gasteiger charge is 2.28. The molecule has 0 bridgehead atoms. The highest BCUT2D eigenvalue weighted by atomic mass is 79.9. The molecule has 18 heavy (non-hydrogen) atoms. The molecule has 0 heterocycles. The number of aliphatic hydroxyl groups is 1.